The van der Waals surface area contributed by atoms with Crippen LogP contribution in [0.4, 0.5) is 18.9 Å². The summed E-state index contributed by atoms with van der Waals surface area (Å²) < 4.78 is 70.9. The number of ether oxygens (including phenoxy) is 2. The van der Waals surface area contributed by atoms with Crippen LogP contribution in [0.1, 0.15) is 11.5 Å². The van der Waals surface area contributed by atoms with Gasteiger partial charge in [-0.2, -0.15) is 17.5 Å². The van der Waals surface area contributed by atoms with Crippen molar-refractivity contribution >= 4 is 27.6 Å². The molecule has 3 heterocycles. The van der Waals surface area contributed by atoms with Crippen LogP contribution in [0.15, 0.2) is 78.0 Å². The summed E-state index contributed by atoms with van der Waals surface area (Å²) in [6.45, 7) is 2.72. The predicted molar refractivity (Wildman–Crippen MR) is 158 cm³/mol. The summed E-state index contributed by atoms with van der Waals surface area (Å²) in [5, 5.41) is 7.12. The third-order valence-corrected chi connectivity index (χ3v) is 9.48. The van der Waals surface area contributed by atoms with Gasteiger partial charge in [0.25, 0.3) is 0 Å². The monoisotopic (exact) mass is 650 g/mol. The second-order valence-electron chi connectivity index (χ2n) is 10.3. The maximum atomic E-state index is 13.9. The molecule has 5 rings (SSSR count). The number of aromatic nitrogens is 1. The Labute approximate surface area is 258 Å². The molecule has 2 fully saturated rings. The molecule has 1 N–H and O–H groups in total. The van der Waals surface area contributed by atoms with Gasteiger partial charge < -0.3 is 24.4 Å². The first-order valence-electron chi connectivity index (χ1n) is 13.9. The van der Waals surface area contributed by atoms with Crippen molar-refractivity contribution in [2.45, 2.75) is 17.0 Å². The fourth-order valence-electron chi connectivity index (χ4n) is 5.35. The van der Waals surface area contributed by atoms with Gasteiger partial charge in [-0.15, -0.1) is 0 Å². The Morgan fingerprint density at radius 1 is 0.933 bits per heavy atom. The molecule has 0 aliphatic carbocycles. The molecule has 242 valence electrons. The molecule has 3 aromatic rings. The Hall–Kier alpha value is -4.37. The predicted octanol–water partition coefficient (Wildman–Crippen LogP) is 3.49. The average Bonchev–Trinajstić information content (AvgIpc) is 3.51. The summed E-state index contributed by atoms with van der Waals surface area (Å²) in [6, 6.07) is 18.5. The number of benzene rings is 2. The number of halogens is 3. The highest BCUT2D eigenvalue weighted by Crippen LogP contribution is 2.38. The number of carbonyl (C=O) groups is 2. The van der Waals surface area contributed by atoms with Gasteiger partial charge in [0.05, 0.1) is 25.8 Å². The number of carboxylic acid groups (broad SMARTS) is 1. The van der Waals surface area contributed by atoms with Crippen LogP contribution >= 0.6 is 0 Å². The molecule has 1 amide bonds. The summed E-state index contributed by atoms with van der Waals surface area (Å²) in [4.78, 5) is 31.0. The third kappa shape index (κ3) is 7.84. The van der Waals surface area contributed by atoms with Gasteiger partial charge in [-0.25, -0.2) is 13.2 Å². The van der Waals surface area contributed by atoms with E-state index in [0.29, 0.717) is 26.2 Å². The largest absolute Gasteiger partial charge is 0.497 e. The van der Waals surface area contributed by atoms with E-state index in [-0.39, 0.29) is 29.8 Å². The van der Waals surface area contributed by atoms with Gasteiger partial charge in [0.1, 0.15) is 16.4 Å². The van der Waals surface area contributed by atoms with E-state index in [2.05, 4.69) is 9.88 Å². The second kappa shape index (κ2) is 14.2. The molecule has 2 aromatic carbocycles. The van der Waals surface area contributed by atoms with Gasteiger partial charge in [-0.05, 0) is 29.8 Å². The highest BCUT2D eigenvalue weighted by atomic mass is 32.2. The lowest BCUT2D eigenvalue weighted by Gasteiger charge is -2.38. The van der Waals surface area contributed by atoms with E-state index in [1.807, 2.05) is 53.4 Å². The molecule has 2 saturated heterocycles. The lowest BCUT2D eigenvalue weighted by atomic mass is 9.88. The zero-order valence-corrected chi connectivity index (χ0v) is 25.4. The Morgan fingerprint density at radius 2 is 1.60 bits per heavy atom. The van der Waals surface area contributed by atoms with Crippen molar-refractivity contribution in [3.63, 3.8) is 0 Å². The molecular formula is C30H33F3N4O7S. The molecule has 0 saturated carbocycles. The van der Waals surface area contributed by atoms with E-state index < -0.39 is 28.1 Å². The van der Waals surface area contributed by atoms with Crippen LogP contribution in [0.5, 0.6) is 11.5 Å². The van der Waals surface area contributed by atoms with Crippen molar-refractivity contribution < 1.29 is 45.8 Å². The highest BCUT2D eigenvalue weighted by Gasteiger charge is 2.45. The van der Waals surface area contributed by atoms with Crippen molar-refractivity contribution in [2.75, 3.05) is 58.4 Å². The number of piperazine rings is 1. The van der Waals surface area contributed by atoms with Gasteiger partial charge in [0.15, 0.2) is 0 Å². The van der Waals surface area contributed by atoms with Crippen molar-refractivity contribution in [1.29, 1.82) is 0 Å². The maximum Gasteiger partial charge on any atom is 0.490 e. The first-order chi connectivity index (χ1) is 21.4. The first kappa shape index (κ1) is 33.5. The van der Waals surface area contributed by atoms with E-state index >= 15 is 0 Å². The number of hydrogen-bond donors (Lipinski definition) is 1. The minimum atomic E-state index is -5.08. The van der Waals surface area contributed by atoms with Crippen molar-refractivity contribution in [2.24, 2.45) is 5.92 Å². The smallest absolute Gasteiger partial charge is 0.490 e. The van der Waals surface area contributed by atoms with Crippen LogP contribution < -0.4 is 14.4 Å². The molecule has 0 bridgehead atoms. The van der Waals surface area contributed by atoms with Crippen LogP contribution in [0.3, 0.4) is 0 Å². The molecule has 45 heavy (non-hydrogen) atoms. The fourth-order valence-corrected chi connectivity index (χ4v) is 6.80. The minimum Gasteiger partial charge on any atom is -0.497 e. The van der Waals surface area contributed by atoms with E-state index in [1.165, 1.54) is 10.5 Å². The summed E-state index contributed by atoms with van der Waals surface area (Å²) in [5.41, 5.74) is 1.89. The van der Waals surface area contributed by atoms with Gasteiger partial charge in [-0.1, -0.05) is 30.3 Å². The molecule has 2 aliphatic heterocycles. The number of carboxylic acids is 1. The molecule has 0 radical (unpaired) electrons. The number of hydrogen-bond acceptors (Lipinski definition) is 8. The van der Waals surface area contributed by atoms with Gasteiger partial charge in [0.2, 0.25) is 15.9 Å². The zero-order chi connectivity index (χ0) is 32.8. The number of alkyl halides is 3. The molecule has 11 nitrogen and oxygen atoms in total. The number of carbonyl (C=O) groups excluding carboxylic acids is 1. The molecule has 15 heteroatoms. The molecule has 0 unspecified atom stereocenters. The van der Waals surface area contributed by atoms with Gasteiger partial charge in [0, 0.05) is 63.6 Å². The average molecular weight is 651 g/mol. The molecule has 0 spiro atoms. The number of sulfonamides is 1. The zero-order valence-electron chi connectivity index (χ0n) is 24.6. The summed E-state index contributed by atoms with van der Waals surface area (Å²) in [5.74, 6) is -1.98. The second-order valence-corrected chi connectivity index (χ2v) is 12.2. The number of pyridine rings is 1. The molecule has 2 aliphatic rings. The quantitative estimate of drug-likeness (QED) is 0.409. The lowest BCUT2D eigenvalue weighted by molar-refractivity contribution is -0.192. The number of rotatable bonds is 7. The van der Waals surface area contributed by atoms with E-state index in [9.17, 15) is 26.4 Å². The van der Waals surface area contributed by atoms with E-state index in [1.54, 1.807) is 32.5 Å². The van der Waals surface area contributed by atoms with E-state index in [0.717, 1.165) is 22.7 Å². The summed E-state index contributed by atoms with van der Waals surface area (Å²) in [6.07, 6.45) is -2.18. The normalized spacial score (nSPS) is 19.0. The van der Waals surface area contributed by atoms with Crippen LogP contribution in [0.2, 0.25) is 0 Å². The molecule has 2 atom stereocenters. The number of amides is 1. The third-order valence-electron chi connectivity index (χ3n) is 7.66. The van der Waals surface area contributed by atoms with Crippen LogP contribution in [-0.4, -0.2) is 99.3 Å². The number of anilines is 1. The van der Waals surface area contributed by atoms with Gasteiger partial charge >= 0.3 is 12.1 Å². The van der Waals surface area contributed by atoms with Crippen molar-refractivity contribution in [3.8, 4) is 11.5 Å². The number of aliphatic carboxylic acids is 1. The summed E-state index contributed by atoms with van der Waals surface area (Å²) >= 11 is 0. The topological polar surface area (TPSA) is 130 Å². The Bertz CT molecular complexity index is 1570. The van der Waals surface area contributed by atoms with Gasteiger partial charge in [-0.3, -0.25) is 9.78 Å². The standard InChI is InChI=1S/C28H32N4O5S.C2HF3O2/c1-36-22-10-11-27(37-2)26(17-22)30-13-15-31(16-14-30)28(33)25-20-32(19-24(25)21-7-4-3-5-8-21)38(34,35)23-9-6-12-29-18-23;3-2(4,5)1(6)7/h3-12,17-18,24-25H,13-16,19-20H2,1-2H3;(H,6,7)/t24-,25+;/m0./s1. The number of methoxy groups -OCH3 is 2. The van der Waals surface area contributed by atoms with Crippen molar-refractivity contribution in [3.05, 3.63) is 78.6 Å². The Balaban J connectivity index is 0.000000591. The SMILES string of the molecule is COc1ccc(OC)c(N2CCN(C(=O)[C@@H]3CN(S(=O)(=O)c4cccnc4)C[C@H]3c3ccccc3)CC2)c1.O=C(O)C(F)(F)F. The fraction of sp³-hybridized carbons (Fsp3) is 0.367. The van der Waals surface area contributed by atoms with Crippen molar-refractivity contribution in [1.82, 2.24) is 14.2 Å². The van der Waals surface area contributed by atoms with Crippen LogP contribution in [-0.2, 0) is 19.6 Å². The molecular weight excluding hydrogens is 617 g/mol. The highest BCUT2D eigenvalue weighted by molar-refractivity contribution is 7.89. The van der Waals surface area contributed by atoms with Crippen LogP contribution in [0, 0.1) is 5.92 Å². The summed E-state index contributed by atoms with van der Waals surface area (Å²) in [7, 11) is -0.501. The maximum absolute atomic E-state index is 13.9. The van der Waals surface area contributed by atoms with Crippen LogP contribution in [0.25, 0.3) is 0 Å². The minimum absolute atomic E-state index is 0.0139. The lowest BCUT2D eigenvalue weighted by Crippen LogP contribution is -2.51. The Kier molecular flexibility index (Phi) is 10.5. The molecule has 1 aromatic heterocycles. The first-order valence-corrected chi connectivity index (χ1v) is 15.3. The Morgan fingerprint density at radius 3 is 2.16 bits per heavy atom. The van der Waals surface area contributed by atoms with E-state index in [4.69, 9.17) is 19.4 Å². The number of nitrogens with zero attached hydrogens (tertiary/aromatic N) is 4.